The topological polar surface area (TPSA) is 54.5 Å². The van der Waals surface area contributed by atoms with Crippen LogP contribution in [0.25, 0.3) is 0 Å². The smallest absolute Gasteiger partial charge is 0.231 e. The van der Waals surface area contributed by atoms with Gasteiger partial charge in [0.15, 0.2) is 11.5 Å². The second-order valence-electron chi connectivity index (χ2n) is 8.99. The summed E-state index contributed by atoms with van der Waals surface area (Å²) in [5, 5.41) is 1.96. The lowest BCUT2D eigenvalue weighted by atomic mass is 9.75. The summed E-state index contributed by atoms with van der Waals surface area (Å²) in [6.07, 6.45) is 4.04. The van der Waals surface area contributed by atoms with Crippen LogP contribution < -0.4 is 9.47 Å². The monoisotopic (exact) mass is 399 g/mol. The van der Waals surface area contributed by atoms with Gasteiger partial charge in [-0.2, -0.15) is 5.06 Å². The standard InChI is InChI=1S/C22H29N3O4/c26-20(6-10-24-7-1-11-29-24)25-13-17(16-2-3-18-19(12-16)28-14-27-18)22-21(25)15-4-8-23(22)9-5-15/h2-3,12,15,17,21-22H,1,4-11,13-14H2/t17-,21+,22+/m1/s1. The van der Waals surface area contributed by atoms with Crippen molar-refractivity contribution in [2.75, 3.05) is 46.1 Å². The molecule has 1 amide bonds. The molecule has 7 heteroatoms. The number of carbonyl (C=O) groups is 1. The molecule has 156 valence electrons. The molecule has 0 N–H and O–H groups in total. The lowest BCUT2D eigenvalue weighted by Crippen LogP contribution is -2.60. The number of likely N-dealkylation sites (tertiary alicyclic amines) is 1. The number of nitrogens with zero attached hydrogens (tertiary/aromatic N) is 3. The van der Waals surface area contributed by atoms with Crippen molar-refractivity contribution < 1.29 is 19.1 Å². The van der Waals surface area contributed by atoms with Gasteiger partial charge in [-0.1, -0.05) is 6.07 Å². The molecule has 0 aromatic heterocycles. The zero-order valence-corrected chi connectivity index (χ0v) is 16.8. The summed E-state index contributed by atoms with van der Waals surface area (Å²) in [5.41, 5.74) is 1.27. The number of amides is 1. The Bertz CT molecular complexity index is 788. The predicted molar refractivity (Wildman–Crippen MR) is 106 cm³/mol. The zero-order chi connectivity index (χ0) is 19.4. The Hall–Kier alpha value is -1.83. The van der Waals surface area contributed by atoms with E-state index < -0.39 is 0 Å². The minimum atomic E-state index is 0.285. The first-order valence-electron chi connectivity index (χ1n) is 11.1. The van der Waals surface area contributed by atoms with E-state index in [0.29, 0.717) is 43.7 Å². The second kappa shape index (κ2) is 7.15. The molecule has 7 rings (SSSR count). The third kappa shape index (κ3) is 3.02. The molecule has 0 spiro atoms. The van der Waals surface area contributed by atoms with E-state index >= 15 is 0 Å². The van der Waals surface area contributed by atoms with Crippen LogP contribution in [0.2, 0.25) is 0 Å². The first-order valence-corrected chi connectivity index (χ1v) is 11.1. The number of hydrogen-bond acceptors (Lipinski definition) is 6. The highest BCUT2D eigenvalue weighted by Crippen LogP contribution is 2.48. The van der Waals surface area contributed by atoms with Gasteiger partial charge in [-0.3, -0.25) is 14.5 Å². The highest BCUT2D eigenvalue weighted by Gasteiger charge is 2.54. The van der Waals surface area contributed by atoms with Gasteiger partial charge in [0.05, 0.1) is 12.6 Å². The molecule has 0 unspecified atom stereocenters. The van der Waals surface area contributed by atoms with Gasteiger partial charge in [0.2, 0.25) is 12.7 Å². The average molecular weight is 399 g/mol. The third-order valence-corrected chi connectivity index (χ3v) is 7.54. The van der Waals surface area contributed by atoms with Crippen molar-refractivity contribution in [2.24, 2.45) is 5.92 Å². The van der Waals surface area contributed by atoms with Gasteiger partial charge in [-0.05, 0) is 56.0 Å². The maximum Gasteiger partial charge on any atom is 0.231 e. The Kier molecular flexibility index (Phi) is 4.43. The van der Waals surface area contributed by atoms with E-state index in [2.05, 4.69) is 21.9 Å². The molecule has 3 atom stereocenters. The van der Waals surface area contributed by atoms with Crippen LogP contribution in [0.5, 0.6) is 11.5 Å². The molecule has 6 aliphatic heterocycles. The van der Waals surface area contributed by atoms with E-state index in [1.54, 1.807) is 0 Å². The van der Waals surface area contributed by atoms with E-state index in [0.717, 1.165) is 50.7 Å². The average Bonchev–Trinajstić information content (AvgIpc) is 3.52. The highest BCUT2D eigenvalue weighted by molar-refractivity contribution is 5.77. The fourth-order valence-corrected chi connectivity index (χ4v) is 6.18. The predicted octanol–water partition coefficient (Wildman–Crippen LogP) is 1.83. The summed E-state index contributed by atoms with van der Waals surface area (Å²) >= 11 is 0. The lowest BCUT2D eigenvalue weighted by molar-refractivity contribution is -0.142. The van der Waals surface area contributed by atoms with Crippen molar-refractivity contribution >= 4 is 5.91 Å². The van der Waals surface area contributed by atoms with Gasteiger partial charge in [-0.15, -0.1) is 0 Å². The number of rotatable bonds is 4. The van der Waals surface area contributed by atoms with Crippen LogP contribution in [0.3, 0.4) is 0 Å². The fraction of sp³-hybridized carbons (Fsp3) is 0.682. The van der Waals surface area contributed by atoms with E-state index in [1.165, 1.54) is 18.4 Å². The van der Waals surface area contributed by atoms with Gasteiger partial charge in [0.1, 0.15) is 0 Å². The van der Waals surface area contributed by atoms with E-state index in [-0.39, 0.29) is 5.91 Å². The molecule has 0 aliphatic carbocycles. The van der Waals surface area contributed by atoms with E-state index in [1.807, 2.05) is 11.1 Å². The van der Waals surface area contributed by atoms with Crippen molar-refractivity contribution in [3.05, 3.63) is 23.8 Å². The van der Waals surface area contributed by atoms with Crippen LogP contribution in [0.1, 0.15) is 37.2 Å². The Labute approximate surface area is 171 Å². The SMILES string of the molecule is O=C(CCN1CCCO1)N1C[C@H](c2ccc3c(c2)OCO3)[C@H]2[C@@H]1C1CCN2CC1. The zero-order valence-electron chi connectivity index (χ0n) is 16.8. The Morgan fingerprint density at radius 3 is 2.76 bits per heavy atom. The molecule has 0 radical (unpaired) electrons. The largest absolute Gasteiger partial charge is 0.454 e. The lowest BCUT2D eigenvalue weighted by Gasteiger charge is -2.51. The van der Waals surface area contributed by atoms with Crippen LogP contribution in [0, 0.1) is 5.92 Å². The van der Waals surface area contributed by atoms with Crippen molar-refractivity contribution in [3.8, 4) is 11.5 Å². The molecule has 5 saturated heterocycles. The first-order chi connectivity index (χ1) is 14.3. The molecule has 0 saturated carbocycles. The van der Waals surface area contributed by atoms with Gasteiger partial charge in [-0.25, -0.2) is 0 Å². The van der Waals surface area contributed by atoms with E-state index in [9.17, 15) is 4.79 Å². The number of benzene rings is 1. The second-order valence-corrected chi connectivity index (χ2v) is 8.99. The molecule has 29 heavy (non-hydrogen) atoms. The fourth-order valence-electron chi connectivity index (χ4n) is 6.18. The summed E-state index contributed by atoms with van der Waals surface area (Å²) in [5.74, 6) is 2.92. The maximum atomic E-state index is 13.3. The molecular formula is C22H29N3O4. The molecule has 6 aliphatic rings. The summed E-state index contributed by atoms with van der Waals surface area (Å²) in [6.45, 7) is 5.86. The molecule has 5 fully saturated rings. The van der Waals surface area contributed by atoms with Crippen molar-refractivity contribution in [3.63, 3.8) is 0 Å². The van der Waals surface area contributed by atoms with Crippen molar-refractivity contribution in [1.82, 2.24) is 14.9 Å². The number of carbonyl (C=O) groups excluding carboxylic acids is 1. The Balaban J connectivity index is 1.26. The third-order valence-electron chi connectivity index (χ3n) is 7.54. The van der Waals surface area contributed by atoms with Crippen LogP contribution in [0.15, 0.2) is 18.2 Å². The minimum Gasteiger partial charge on any atom is -0.454 e. The molecule has 6 heterocycles. The summed E-state index contributed by atoms with van der Waals surface area (Å²) in [4.78, 5) is 23.7. The number of hydroxylamine groups is 2. The summed E-state index contributed by atoms with van der Waals surface area (Å²) < 4.78 is 11.1. The summed E-state index contributed by atoms with van der Waals surface area (Å²) in [6, 6.07) is 7.11. The first kappa shape index (κ1) is 18.0. The maximum absolute atomic E-state index is 13.3. The number of ether oxygens (including phenoxy) is 2. The molecule has 1 aromatic rings. The molecule has 7 nitrogen and oxygen atoms in total. The van der Waals surface area contributed by atoms with Crippen molar-refractivity contribution in [2.45, 2.75) is 43.7 Å². The molecule has 1 aromatic carbocycles. The van der Waals surface area contributed by atoms with Crippen LogP contribution >= 0.6 is 0 Å². The van der Waals surface area contributed by atoms with Gasteiger partial charge >= 0.3 is 0 Å². The van der Waals surface area contributed by atoms with Crippen LogP contribution in [0.4, 0.5) is 0 Å². The van der Waals surface area contributed by atoms with E-state index in [4.69, 9.17) is 14.3 Å². The summed E-state index contributed by atoms with van der Waals surface area (Å²) in [7, 11) is 0. The Morgan fingerprint density at radius 2 is 1.93 bits per heavy atom. The van der Waals surface area contributed by atoms with Crippen LogP contribution in [-0.4, -0.2) is 79.0 Å². The minimum absolute atomic E-state index is 0.285. The normalized spacial score (nSPS) is 35.3. The number of hydrogen-bond donors (Lipinski definition) is 0. The highest BCUT2D eigenvalue weighted by atomic mass is 16.7. The van der Waals surface area contributed by atoms with Crippen molar-refractivity contribution in [1.29, 1.82) is 0 Å². The van der Waals surface area contributed by atoms with Gasteiger partial charge < -0.3 is 14.4 Å². The quantitative estimate of drug-likeness (QED) is 0.770. The molecule has 2 bridgehead atoms. The van der Waals surface area contributed by atoms with Gasteiger partial charge in [0, 0.05) is 38.0 Å². The van der Waals surface area contributed by atoms with Crippen LogP contribution in [-0.2, 0) is 9.63 Å². The Morgan fingerprint density at radius 1 is 1.07 bits per heavy atom. The number of piperidine rings is 3. The molecular weight excluding hydrogens is 370 g/mol. The number of fused-ring (bicyclic) bond motifs is 3. The van der Waals surface area contributed by atoms with Gasteiger partial charge in [0.25, 0.3) is 0 Å².